The summed E-state index contributed by atoms with van der Waals surface area (Å²) in [5.74, 6) is -0.268. The lowest BCUT2D eigenvalue weighted by Crippen LogP contribution is -2.77. The van der Waals surface area contributed by atoms with Gasteiger partial charge in [-0.1, -0.05) is 18.2 Å². The van der Waals surface area contributed by atoms with E-state index < -0.39 is 0 Å². The van der Waals surface area contributed by atoms with Crippen molar-refractivity contribution in [2.24, 2.45) is 0 Å². The van der Waals surface area contributed by atoms with Gasteiger partial charge in [-0.15, -0.1) is 0 Å². The number of para-hydroxylation sites is 1. The molecule has 15 heavy (non-hydrogen) atoms. The van der Waals surface area contributed by atoms with Crippen LogP contribution < -0.4 is 5.32 Å². The Balaban J connectivity index is 2.19. The average molecular weight is 200 g/mol. The summed E-state index contributed by atoms with van der Waals surface area (Å²) in [5, 5.41) is 1.71. The third-order valence-electron chi connectivity index (χ3n) is 2.10. The molecule has 0 saturated carbocycles. The summed E-state index contributed by atoms with van der Waals surface area (Å²) in [5.41, 5.74) is 1.36. The number of hydrogen-bond donors (Lipinski definition) is 1. The molecule has 2 N–H and O–H groups in total. The largest absolute Gasteiger partial charge is 0.290 e. The molecule has 1 aromatic carbocycles. The van der Waals surface area contributed by atoms with E-state index in [-0.39, 0.29) is 11.6 Å². The van der Waals surface area contributed by atoms with Gasteiger partial charge in [-0.25, -0.2) is 0 Å². The minimum absolute atomic E-state index is 0.126. The first-order chi connectivity index (χ1) is 7.25. The summed E-state index contributed by atoms with van der Waals surface area (Å²) in [6, 6.07) is 9.45. The van der Waals surface area contributed by atoms with E-state index in [2.05, 4.69) is 0 Å². The van der Waals surface area contributed by atoms with E-state index in [1.807, 2.05) is 30.3 Å². The third-order valence-corrected chi connectivity index (χ3v) is 2.10. The normalized spacial score (nSPS) is 15.3. The van der Waals surface area contributed by atoms with E-state index in [0.717, 1.165) is 5.69 Å². The van der Waals surface area contributed by atoms with Crippen molar-refractivity contribution in [3.63, 3.8) is 0 Å². The number of nitrogens with two attached hydrogens (primary N) is 1. The van der Waals surface area contributed by atoms with Gasteiger partial charge in [-0.3, -0.25) is 14.9 Å². The van der Waals surface area contributed by atoms with Crippen LogP contribution in [0.1, 0.15) is 0 Å². The van der Waals surface area contributed by atoms with Gasteiger partial charge in [-0.2, -0.15) is 0 Å². The molecule has 0 bridgehead atoms. The smallest absolute Gasteiger partial charge is 0.239 e. The molecule has 3 heteroatoms. The number of carbonyl (C=O) groups is 2. The first-order valence-corrected chi connectivity index (χ1v) is 4.63. The molecule has 0 fully saturated rings. The predicted molar refractivity (Wildman–Crippen MR) is 55.3 cm³/mol. The Morgan fingerprint density at radius 2 is 1.67 bits per heavy atom. The van der Waals surface area contributed by atoms with Crippen molar-refractivity contribution in [1.29, 1.82) is 0 Å². The Labute approximate surface area is 87.1 Å². The molecule has 1 aliphatic carbocycles. The van der Waals surface area contributed by atoms with Crippen molar-refractivity contribution < 1.29 is 14.9 Å². The molecule has 74 valence electrons. The molecule has 0 saturated heterocycles. The summed E-state index contributed by atoms with van der Waals surface area (Å²) >= 11 is 0. The maximum atomic E-state index is 11.4. The van der Waals surface area contributed by atoms with Crippen LogP contribution in [-0.2, 0) is 9.59 Å². The zero-order valence-electron chi connectivity index (χ0n) is 8.01. The van der Waals surface area contributed by atoms with Crippen LogP contribution in [0.3, 0.4) is 0 Å². The van der Waals surface area contributed by atoms with Crippen molar-refractivity contribution in [3.8, 4) is 0 Å². The monoisotopic (exact) mass is 200 g/mol. The topological polar surface area (TPSA) is 50.8 Å². The average Bonchev–Trinajstić information content (AvgIpc) is 2.25. The molecule has 1 aromatic rings. The van der Waals surface area contributed by atoms with Crippen LogP contribution in [0.4, 0.5) is 5.69 Å². The van der Waals surface area contributed by atoms with Crippen LogP contribution in [0.2, 0.25) is 0 Å². The van der Waals surface area contributed by atoms with Gasteiger partial charge in [0, 0.05) is 0 Å². The standard InChI is InChI=1S/C12H9NO2/c14-10-6-7-12(15)11(8-10)13-9-4-2-1-3-5-9/h1-8,13H/p+1. The quantitative estimate of drug-likeness (QED) is 0.557. The number of hydrogen-bond acceptors (Lipinski definition) is 2. The van der Waals surface area contributed by atoms with E-state index in [0.29, 0.717) is 5.70 Å². The molecule has 0 heterocycles. The van der Waals surface area contributed by atoms with Crippen LogP contribution in [0.15, 0.2) is 54.3 Å². The van der Waals surface area contributed by atoms with Gasteiger partial charge in [0.15, 0.2) is 11.5 Å². The second-order valence-corrected chi connectivity index (χ2v) is 3.25. The molecule has 3 nitrogen and oxygen atoms in total. The van der Waals surface area contributed by atoms with Gasteiger partial charge in [-0.05, 0) is 24.3 Å². The summed E-state index contributed by atoms with van der Waals surface area (Å²) in [6.45, 7) is 0. The molecule has 0 atom stereocenters. The Morgan fingerprint density at radius 3 is 2.40 bits per heavy atom. The fourth-order valence-corrected chi connectivity index (χ4v) is 1.37. The molecule has 2 rings (SSSR count). The number of rotatable bonds is 2. The third kappa shape index (κ3) is 2.27. The van der Waals surface area contributed by atoms with Gasteiger partial charge in [0.2, 0.25) is 5.78 Å². The number of allylic oxidation sites excluding steroid dienone is 3. The highest BCUT2D eigenvalue weighted by molar-refractivity contribution is 6.15. The van der Waals surface area contributed by atoms with Crippen LogP contribution in [0, 0.1) is 0 Å². The maximum Gasteiger partial charge on any atom is 0.239 e. The predicted octanol–water partition coefficient (Wildman–Crippen LogP) is 0.473. The minimum atomic E-state index is -0.142. The van der Waals surface area contributed by atoms with Crippen LogP contribution >= 0.6 is 0 Å². The van der Waals surface area contributed by atoms with E-state index in [9.17, 15) is 9.59 Å². The Kier molecular flexibility index (Phi) is 2.56. The molecular formula is C12H10NO2+. The van der Waals surface area contributed by atoms with Gasteiger partial charge in [0.1, 0.15) is 5.69 Å². The van der Waals surface area contributed by atoms with Gasteiger partial charge < -0.3 is 0 Å². The van der Waals surface area contributed by atoms with Crippen molar-refractivity contribution in [3.05, 3.63) is 54.3 Å². The molecular weight excluding hydrogens is 190 g/mol. The van der Waals surface area contributed by atoms with Gasteiger partial charge in [0.05, 0.1) is 6.08 Å². The van der Waals surface area contributed by atoms with Gasteiger partial charge in [0.25, 0.3) is 0 Å². The van der Waals surface area contributed by atoms with Crippen molar-refractivity contribution in [1.82, 2.24) is 0 Å². The molecule has 0 amide bonds. The second-order valence-electron chi connectivity index (χ2n) is 3.25. The van der Waals surface area contributed by atoms with Gasteiger partial charge >= 0.3 is 0 Å². The summed E-state index contributed by atoms with van der Waals surface area (Å²) in [7, 11) is 0. The highest BCUT2D eigenvalue weighted by Crippen LogP contribution is 2.02. The fourth-order valence-electron chi connectivity index (χ4n) is 1.37. The Bertz CT molecular complexity index is 458. The summed E-state index contributed by atoms with van der Waals surface area (Å²) in [6.07, 6.45) is 3.94. The summed E-state index contributed by atoms with van der Waals surface area (Å²) < 4.78 is 0. The molecule has 0 aliphatic heterocycles. The number of benzene rings is 1. The molecule has 0 radical (unpaired) electrons. The SMILES string of the molecule is O=C1C=CC(=O)C([NH2+]c2ccccc2)=C1. The zero-order valence-corrected chi connectivity index (χ0v) is 8.01. The molecule has 0 unspecified atom stereocenters. The minimum Gasteiger partial charge on any atom is -0.290 e. The second kappa shape index (κ2) is 4.02. The lowest BCUT2D eigenvalue weighted by molar-refractivity contribution is -0.510. The highest BCUT2D eigenvalue weighted by atomic mass is 16.1. The van der Waals surface area contributed by atoms with E-state index in [4.69, 9.17) is 0 Å². The zero-order chi connectivity index (χ0) is 10.7. The highest BCUT2D eigenvalue weighted by Gasteiger charge is 2.17. The molecule has 0 spiro atoms. The van der Waals surface area contributed by atoms with Crippen LogP contribution in [0.25, 0.3) is 0 Å². The van der Waals surface area contributed by atoms with E-state index >= 15 is 0 Å². The van der Waals surface area contributed by atoms with Crippen LogP contribution in [-0.4, -0.2) is 11.6 Å². The van der Waals surface area contributed by atoms with Crippen molar-refractivity contribution in [2.45, 2.75) is 0 Å². The molecule has 1 aliphatic rings. The van der Waals surface area contributed by atoms with Crippen LogP contribution in [0.5, 0.6) is 0 Å². The lowest BCUT2D eigenvalue weighted by Gasteiger charge is -2.03. The number of ketones is 2. The number of quaternary nitrogens is 1. The van der Waals surface area contributed by atoms with Crippen molar-refractivity contribution >= 4 is 17.3 Å². The first kappa shape index (κ1) is 9.55. The Hall–Kier alpha value is -2.00. The first-order valence-electron chi connectivity index (χ1n) is 4.63. The number of carbonyl (C=O) groups excluding carboxylic acids is 2. The van der Waals surface area contributed by atoms with E-state index in [1.165, 1.54) is 18.2 Å². The fraction of sp³-hybridized carbons (Fsp3) is 0. The molecule has 0 aromatic heterocycles. The lowest BCUT2D eigenvalue weighted by atomic mass is 10.1. The summed E-state index contributed by atoms with van der Waals surface area (Å²) in [4.78, 5) is 22.5. The maximum absolute atomic E-state index is 11.4. The van der Waals surface area contributed by atoms with Crippen molar-refractivity contribution in [2.75, 3.05) is 0 Å². The Morgan fingerprint density at radius 1 is 0.933 bits per heavy atom. The van der Waals surface area contributed by atoms with E-state index in [1.54, 1.807) is 5.32 Å².